The van der Waals surface area contributed by atoms with Gasteiger partial charge in [0.05, 0.1) is 0 Å². The normalized spacial score (nSPS) is 23.8. The molecule has 0 spiro atoms. The van der Waals surface area contributed by atoms with Crippen molar-refractivity contribution in [2.45, 2.75) is 32.5 Å². The Morgan fingerprint density at radius 2 is 2.12 bits per heavy atom. The van der Waals surface area contributed by atoms with Gasteiger partial charge in [0.1, 0.15) is 0 Å². The first-order chi connectivity index (χ1) is 8.19. The Morgan fingerprint density at radius 3 is 2.82 bits per heavy atom. The quantitative estimate of drug-likeness (QED) is 0.890. The smallest absolute Gasteiger partial charge is 0.0331 e. The van der Waals surface area contributed by atoms with Crippen LogP contribution in [0.3, 0.4) is 0 Å². The van der Waals surface area contributed by atoms with Crippen molar-refractivity contribution in [1.29, 1.82) is 0 Å². The fraction of sp³-hybridized carbons (Fsp3) is 0.692. The molecule has 2 heterocycles. The molecule has 3 nitrogen and oxygen atoms in total. The summed E-state index contributed by atoms with van der Waals surface area (Å²) in [4.78, 5) is 7.77. The van der Waals surface area contributed by atoms with Gasteiger partial charge >= 0.3 is 0 Å². The summed E-state index contributed by atoms with van der Waals surface area (Å²) in [5.74, 6) is 0. The highest BCUT2D eigenvalue weighted by Gasteiger charge is 2.19. The largest absolute Gasteiger partial charge is 0.326 e. The molecule has 1 aliphatic heterocycles. The number of thiophene rings is 1. The second-order valence-corrected chi connectivity index (χ2v) is 6.26. The number of nitrogens with two attached hydrogens (primary N) is 1. The van der Waals surface area contributed by atoms with E-state index >= 15 is 0 Å². The van der Waals surface area contributed by atoms with Gasteiger partial charge in [-0.2, -0.15) is 0 Å². The maximum atomic E-state index is 5.66. The monoisotopic (exact) mass is 253 g/mol. The van der Waals surface area contributed by atoms with Crippen LogP contribution in [0.5, 0.6) is 0 Å². The van der Waals surface area contributed by atoms with Gasteiger partial charge in [0.2, 0.25) is 0 Å². The standard InChI is InChI=1S/C13H23N3S/c1-11-9-15(2)6-3-7-16(11)10-13-5-4-12(8-14)17-13/h4-5,11H,3,6-10,14H2,1-2H3. The lowest BCUT2D eigenvalue weighted by atomic mass is 10.2. The third-order valence-electron chi connectivity index (χ3n) is 3.46. The lowest BCUT2D eigenvalue weighted by Gasteiger charge is -2.27. The summed E-state index contributed by atoms with van der Waals surface area (Å²) in [5.41, 5.74) is 5.66. The van der Waals surface area contributed by atoms with Crippen molar-refractivity contribution in [3.05, 3.63) is 21.9 Å². The van der Waals surface area contributed by atoms with Crippen LogP contribution in [0, 0.1) is 0 Å². The molecule has 1 fully saturated rings. The lowest BCUT2D eigenvalue weighted by Crippen LogP contribution is -2.37. The summed E-state index contributed by atoms with van der Waals surface area (Å²) < 4.78 is 0. The predicted molar refractivity (Wildman–Crippen MR) is 74.2 cm³/mol. The third kappa shape index (κ3) is 3.52. The van der Waals surface area contributed by atoms with Crippen LogP contribution < -0.4 is 5.73 Å². The Labute approximate surface area is 108 Å². The fourth-order valence-electron chi connectivity index (χ4n) is 2.47. The number of hydrogen-bond donors (Lipinski definition) is 1. The molecular weight excluding hydrogens is 230 g/mol. The number of nitrogens with zero attached hydrogens (tertiary/aromatic N) is 2. The average Bonchev–Trinajstić information content (AvgIpc) is 2.68. The van der Waals surface area contributed by atoms with Crippen LogP contribution in [-0.2, 0) is 13.1 Å². The number of rotatable bonds is 3. The maximum absolute atomic E-state index is 5.66. The van der Waals surface area contributed by atoms with E-state index in [1.165, 1.54) is 35.8 Å². The molecule has 1 atom stereocenters. The molecule has 1 unspecified atom stereocenters. The van der Waals surface area contributed by atoms with E-state index in [9.17, 15) is 0 Å². The molecule has 0 radical (unpaired) electrons. The van der Waals surface area contributed by atoms with Gasteiger partial charge in [-0.25, -0.2) is 0 Å². The van der Waals surface area contributed by atoms with Crippen molar-refractivity contribution in [2.24, 2.45) is 5.73 Å². The van der Waals surface area contributed by atoms with Crippen LogP contribution in [0.15, 0.2) is 12.1 Å². The maximum Gasteiger partial charge on any atom is 0.0331 e. The van der Waals surface area contributed by atoms with Gasteiger partial charge in [0, 0.05) is 42.0 Å². The van der Waals surface area contributed by atoms with E-state index in [0.29, 0.717) is 12.6 Å². The van der Waals surface area contributed by atoms with Crippen LogP contribution >= 0.6 is 11.3 Å². The Balaban J connectivity index is 1.97. The summed E-state index contributed by atoms with van der Waals surface area (Å²) in [7, 11) is 2.22. The van der Waals surface area contributed by atoms with Crippen LogP contribution in [0.1, 0.15) is 23.1 Å². The van der Waals surface area contributed by atoms with E-state index in [0.717, 1.165) is 6.54 Å². The molecule has 1 aromatic heterocycles. The molecule has 0 saturated carbocycles. The molecule has 2 N–H and O–H groups in total. The first kappa shape index (κ1) is 13.0. The van der Waals surface area contributed by atoms with Crippen molar-refractivity contribution in [3.8, 4) is 0 Å². The van der Waals surface area contributed by atoms with Gasteiger partial charge in [-0.1, -0.05) is 0 Å². The van der Waals surface area contributed by atoms with Gasteiger partial charge in [0.25, 0.3) is 0 Å². The van der Waals surface area contributed by atoms with Crippen LogP contribution in [0.2, 0.25) is 0 Å². The summed E-state index contributed by atoms with van der Waals surface area (Å²) in [6.07, 6.45) is 1.27. The van der Waals surface area contributed by atoms with Gasteiger partial charge in [-0.15, -0.1) is 11.3 Å². The minimum Gasteiger partial charge on any atom is -0.326 e. The number of hydrogen-bond acceptors (Lipinski definition) is 4. The zero-order valence-corrected chi connectivity index (χ0v) is 11.7. The van der Waals surface area contributed by atoms with Gasteiger partial charge in [-0.3, -0.25) is 4.90 Å². The minimum absolute atomic E-state index is 0.644. The zero-order chi connectivity index (χ0) is 12.3. The molecule has 96 valence electrons. The Hall–Kier alpha value is -0.420. The molecule has 4 heteroatoms. The molecule has 0 aliphatic carbocycles. The summed E-state index contributed by atoms with van der Waals surface area (Å²) in [6.45, 7) is 7.69. The predicted octanol–water partition coefficient (Wildman–Crippen LogP) is 1.73. The molecule has 17 heavy (non-hydrogen) atoms. The molecular formula is C13H23N3S. The van der Waals surface area contributed by atoms with Crippen LogP contribution in [0.25, 0.3) is 0 Å². The molecule has 0 aromatic carbocycles. The Bertz CT molecular complexity index is 350. The summed E-state index contributed by atoms with van der Waals surface area (Å²) >= 11 is 1.86. The van der Waals surface area contributed by atoms with E-state index < -0.39 is 0 Å². The number of likely N-dealkylation sites (N-methyl/N-ethyl adjacent to an activating group) is 1. The second-order valence-electron chi connectivity index (χ2n) is 5.01. The van der Waals surface area contributed by atoms with Crippen LogP contribution in [-0.4, -0.2) is 42.5 Å². The van der Waals surface area contributed by atoms with E-state index in [2.05, 4.69) is 35.9 Å². The Morgan fingerprint density at radius 1 is 1.35 bits per heavy atom. The summed E-state index contributed by atoms with van der Waals surface area (Å²) in [6, 6.07) is 5.04. The van der Waals surface area contributed by atoms with Crippen molar-refractivity contribution in [2.75, 3.05) is 26.7 Å². The van der Waals surface area contributed by atoms with E-state index in [-0.39, 0.29) is 0 Å². The van der Waals surface area contributed by atoms with E-state index in [1.54, 1.807) is 0 Å². The van der Waals surface area contributed by atoms with Crippen molar-refractivity contribution in [1.82, 2.24) is 9.80 Å². The highest BCUT2D eigenvalue weighted by molar-refractivity contribution is 7.11. The second kappa shape index (κ2) is 5.96. The highest BCUT2D eigenvalue weighted by atomic mass is 32.1. The molecule has 2 rings (SSSR count). The van der Waals surface area contributed by atoms with E-state index in [1.807, 2.05) is 11.3 Å². The van der Waals surface area contributed by atoms with Gasteiger partial charge in [-0.05, 0) is 39.1 Å². The minimum atomic E-state index is 0.644. The molecule has 0 bridgehead atoms. The average molecular weight is 253 g/mol. The van der Waals surface area contributed by atoms with E-state index in [4.69, 9.17) is 5.73 Å². The first-order valence-corrected chi connectivity index (χ1v) is 7.21. The molecule has 1 saturated heterocycles. The molecule has 1 aliphatic rings. The first-order valence-electron chi connectivity index (χ1n) is 6.39. The SMILES string of the molecule is CC1CN(C)CCCN1Cc1ccc(CN)s1. The van der Waals surface area contributed by atoms with Crippen molar-refractivity contribution >= 4 is 11.3 Å². The fourth-order valence-corrected chi connectivity index (χ4v) is 3.40. The van der Waals surface area contributed by atoms with Crippen LogP contribution in [0.4, 0.5) is 0 Å². The Kier molecular flexibility index (Phi) is 4.56. The summed E-state index contributed by atoms with van der Waals surface area (Å²) in [5, 5.41) is 0. The molecule has 1 aromatic rings. The lowest BCUT2D eigenvalue weighted by molar-refractivity contribution is 0.196. The highest BCUT2D eigenvalue weighted by Crippen LogP contribution is 2.20. The van der Waals surface area contributed by atoms with Crippen molar-refractivity contribution < 1.29 is 0 Å². The topological polar surface area (TPSA) is 32.5 Å². The third-order valence-corrected chi connectivity index (χ3v) is 4.55. The van der Waals surface area contributed by atoms with Gasteiger partial charge in [0.15, 0.2) is 0 Å². The van der Waals surface area contributed by atoms with Crippen molar-refractivity contribution in [3.63, 3.8) is 0 Å². The zero-order valence-electron chi connectivity index (χ0n) is 10.9. The molecule has 0 amide bonds. The van der Waals surface area contributed by atoms with Gasteiger partial charge < -0.3 is 10.6 Å².